The Bertz CT molecular complexity index is 1200. The summed E-state index contributed by atoms with van der Waals surface area (Å²) < 4.78 is 10.9. The number of carbonyl (C=O) groups is 2. The number of nitrogens with zero attached hydrogens (tertiary/aromatic N) is 1. The van der Waals surface area contributed by atoms with E-state index in [1.807, 2.05) is 66.7 Å². The van der Waals surface area contributed by atoms with Crippen LogP contribution in [0.25, 0.3) is 22.3 Å². The Morgan fingerprint density at radius 2 is 1.65 bits per heavy atom. The second kappa shape index (κ2) is 8.75. The molecule has 0 spiro atoms. The van der Waals surface area contributed by atoms with E-state index in [0.29, 0.717) is 17.0 Å². The Morgan fingerprint density at radius 3 is 2.29 bits per heavy atom. The van der Waals surface area contributed by atoms with E-state index in [-0.39, 0.29) is 6.42 Å². The van der Waals surface area contributed by atoms with Crippen LogP contribution < -0.4 is 4.90 Å². The van der Waals surface area contributed by atoms with E-state index in [1.54, 1.807) is 18.2 Å². The normalized spacial score (nSPS) is 11.8. The van der Waals surface area contributed by atoms with E-state index in [4.69, 9.17) is 9.15 Å². The number of rotatable bonds is 6. The molecule has 6 heteroatoms. The fourth-order valence-corrected chi connectivity index (χ4v) is 3.56. The lowest BCUT2D eigenvalue weighted by atomic mass is 10.0. The first-order chi connectivity index (χ1) is 15.1. The molecule has 31 heavy (non-hydrogen) atoms. The quantitative estimate of drug-likeness (QED) is 0.458. The van der Waals surface area contributed by atoms with Crippen molar-refractivity contribution >= 4 is 28.7 Å². The molecule has 0 radical (unpaired) electrons. The maximum absolute atomic E-state index is 12.6. The molecule has 6 nitrogen and oxygen atoms in total. The Morgan fingerprint density at radius 1 is 0.968 bits per heavy atom. The highest BCUT2D eigenvalue weighted by Crippen LogP contribution is 2.31. The largest absolute Gasteiger partial charge is 0.480 e. The van der Waals surface area contributed by atoms with Gasteiger partial charge in [-0.15, -0.1) is 0 Å². The number of carboxylic acid groups (broad SMARTS) is 1. The van der Waals surface area contributed by atoms with Crippen molar-refractivity contribution in [1.29, 1.82) is 0 Å². The average Bonchev–Trinajstić information content (AvgIpc) is 3.23. The van der Waals surface area contributed by atoms with Crippen LogP contribution in [0.1, 0.15) is 5.56 Å². The molecule has 4 rings (SSSR count). The van der Waals surface area contributed by atoms with Crippen LogP contribution in [0.2, 0.25) is 0 Å². The molecule has 1 heterocycles. The molecule has 4 aromatic rings. The van der Waals surface area contributed by atoms with Gasteiger partial charge in [0, 0.05) is 23.1 Å². The van der Waals surface area contributed by atoms with Crippen LogP contribution in [0, 0.1) is 0 Å². The Balaban J connectivity index is 1.74. The van der Waals surface area contributed by atoms with Crippen LogP contribution in [-0.2, 0) is 16.0 Å². The van der Waals surface area contributed by atoms with Gasteiger partial charge in [-0.25, -0.2) is 9.59 Å². The van der Waals surface area contributed by atoms with Gasteiger partial charge in [0.2, 0.25) is 0 Å². The number of anilines is 1. The number of methoxy groups -OCH3 is 1. The van der Waals surface area contributed by atoms with Gasteiger partial charge in [0.15, 0.2) is 0 Å². The summed E-state index contributed by atoms with van der Waals surface area (Å²) in [6.45, 7) is 0. The third-order valence-corrected chi connectivity index (χ3v) is 5.08. The molecule has 1 aromatic heterocycles. The number of benzene rings is 3. The summed E-state index contributed by atoms with van der Waals surface area (Å²) in [6.07, 6.45) is -0.598. The zero-order valence-corrected chi connectivity index (χ0v) is 16.9. The lowest BCUT2D eigenvalue weighted by molar-refractivity contribution is -0.138. The van der Waals surface area contributed by atoms with Crippen molar-refractivity contribution in [2.75, 3.05) is 12.0 Å². The molecule has 1 atom stereocenters. The first-order valence-electron chi connectivity index (χ1n) is 9.80. The summed E-state index contributed by atoms with van der Waals surface area (Å²) in [5, 5.41) is 10.7. The molecule has 0 bridgehead atoms. The van der Waals surface area contributed by atoms with Gasteiger partial charge >= 0.3 is 12.1 Å². The molecule has 156 valence electrons. The van der Waals surface area contributed by atoms with Crippen molar-refractivity contribution in [1.82, 2.24) is 0 Å². The minimum Gasteiger partial charge on any atom is -0.480 e. The molecule has 0 aliphatic rings. The highest BCUT2D eigenvalue weighted by Gasteiger charge is 2.32. The fraction of sp³-hybridized carbons (Fsp3) is 0.120. The maximum atomic E-state index is 12.6. The van der Waals surface area contributed by atoms with Gasteiger partial charge in [-0.2, -0.15) is 0 Å². The van der Waals surface area contributed by atoms with Crippen LogP contribution in [-0.4, -0.2) is 30.3 Å². The number of hydrogen-bond acceptors (Lipinski definition) is 4. The summed E-state index contributed by atoms with van der Waals surface area (Å²) in [6, 6.07) is 24.7. The number of furan rings is 1. The predicted octanol–water partition coefficient (Wildman–Crippen LogP) is 5.37. The number of hydrogen-bond donors (Lipinski definition) is 1. The van der Waals surface area contributed by atoms with Gasteiger partial charge in [0.1, 0.15) is 17.4 Å². The number of ether oxygens (including phenoxy) is 1. The minimum atomic E-state index is -1.13. The van der Waals surface area contributed by atoms with E-state index < -0.39 is 18.1 Å². The summed E-state index contributed by atoms with van der Waals surface area (Å²) in [4.78, 5) is 25.9. The molecule has 1 amide bonds. The van der Waals surface area contributed by atoms with Crippen molar-refractivity contribution < 1.29 is 23.8 Å². The minimum absolute atomic E-state index is 0.143. The van der Waals surface area contributed by atoms with Crippen molar-refractivity contribution in [3.8, 4) is 11.3 Å². The first kappa shape index (κ1) is 20.2. The lowest BCUT2D eigenvalue weighted by Gasteiger charge is -2.28. The number of carboxylic acids is 1. The van der Waals surface area contributed by atoms with Gasteiger partial charge in [0.25, 0.3) is 0 Å². The standard InChI is InChI=1S/C25H21NO5/c1-30-25(29)26(21(24(27)28)14-17-8-4-2-5-9-17)20-12-13-22-19(15-20)16-23(31-22)18-10-6-3-7-11-18/h2-13,15-16,21H,14H2,1H3,(H,27,28). The highest BCUT2D eigenvalue weighted by atomic mass is 16.5. The molecule has 1 N–H and O–H groups in total. The maximum Gasteiger partial charge on any atom is 0.414 e. The molecular weight excluding hydrogens is 394 g/mol. The van der Waals surface area contributed by atoms with Crippen LogP contribution in [0.15, 0.2) is 89.3 Å². The van der Waals surface area contributed by atoms with Crippen molar-refractivity contribution in [2.24, 2.45) is 0 Å². The van der Waals surface area contributed by atoms with E-state index in [1.165, 1.54) is 12.0 Å². The molecule has 0 aliphatic carbocycles. The number of aliphatic carboxylic acids is 1. The first-order valence-corrected chi connectivity index (χ1v) is 9.80. The third kappa shape index (κ3) is 4.28. The Hall–Kier alpha value is -4.06. The molecule has 0 aliphatic heterocycles. The topological polar surface area (TPSA) is 80.0 Å². The number of amides is 1. The van der Waals surface area contributed by atoms with E-state index in [2.05, 4.69) is 0 Å². The average molecular weight is 415 g/mol. The predicted molar refractivity (Wildman–Crippen MR) is 118 cm³/mol. The number of carbonyl (C=O) groups excluding carboxylic acids is 1. The monoisotopic (exact) mass is 415 g/mol. The van der Waals surface area contributed by atoms with E-state index >= 15 is 0 Å². The SMILES string of the molecule is COC(=O)N(c1ccc2oc(-c3ccccc3)cc2c1)C(Cc1ccccc1)C(=O)O. The zero-order chi connectivity index (χ0) is 21.8. The smallest absolute Gasteiger partial charge is 0.414 e. The van der Waals surface area contributed by atoms with Gasteiger partial charge in [-0.1, -0.05) is 60.7 Å². The van der Waals surface area contributed by atoms with Crippen molar-refractivity contribution in [3.63, 3.8) is 0 Å². The van der Waals surface area contributed by atoms with Gasteiger partial charge in [-0.3, -0.25) is 4.90 Å². The van der Waals surface area contributed by atoms with Crippen molar-refractivity contribution in [3.05, 3.63) is 90.5 Å². The molecule has 0 fully saturated rings. The summed E-state index contributed by atoms with van der Waals surface area (Å²) in [7, 11) is 1.24. The van der Waals surface area contributed by atoms with E-state index in [9.17, 15) is 14.7 Å². The Kier molecular flexibility index (Phi) is 5.71. The second-order valence-corrected chi connectivity index (χ2v) is 7.08. The second-order valence-electron chi connectivity index (χ2n) is 7.08. The lowest BCUT2D eigenvalue weighted by Crippen LogP contribution is -2.46. The molecule has 0 saturated heterocycles. The van der Waals surface area contributed by atoms with Gasteiger partial charge in [0.05, 0.1) is 7.11 Å². The summed E-state index contributed by atoms with van der Waals surface area (Å²) in [5.74, 6) is -0.428. The van der Waals surface area contributed by atoms with E-state index in [0.717, 1.165) is 16.5 Å². The summed E-state index contributed by atoms with van der Waals surface area (Å²) >= 11 is 0. The molecule has 0 saturated carbocycles. The van der Waals surface area contributed by atoms with Crippen LogP contribution in [0.3, 0.4) is 0 Å². The Labute approximate surface area is 179 Å². The summed E-state index contributed by atoms with van der Waals surface area (Å²) in [5.41, 5.74) is 2.79. The third-order valence-electron chi connectivity index (χ3n) is 5.08. The molecular formula is C25H21NO5. The van der Waals surface area contributed by atoms with Crippen molar-refractivity contribution in [2.45, 2.75) is 12.5 Å². The fourth-order valence-electron chi connectivity index (χ4n) is 3.56. The van der Waals surface area contributed by atoms with Gasteiger partial charge < -0.3 is 14.3 Å². The molecule has 1 unspecified atom stereocenters. The van der Waals surface area contributed by atoms with Gasteiger partial charge in [-0.05, 0) is 29.8 Å². The number of fused-ring (bicyclic) bond motifs is 1. The van der Waals surface area contributed by atoms with Crippen LogP contribution >= 0.6 is 0 Å². The zero-order valence-electron chi connectivity index (χ0n) is 16.9. The molecule has 3 aromatic carbocycles. The van der Waals surface area contributed by atoms with Crippen LogP contribution in [0.5, 0.6) is 0 Å². The highest BCUT2D eigenvalue weighted by molar-refractivity contribution is 5.97. The van der Waals surface area contributed by atoms with Crippen LogP contribution in [0.4, 0.5) is 10.5 Å².